The number of pyridine rings is 1. The Morgan fingerprint density at radius 1 is 1.50 bits per heavy atom. The van der Waals surface area contributed by atoms with Crippen LogP contribution in [0.1, 0.15) is 21.3 Å². The number of thiazole rings is 1. The molecule has 1 aliphatic heterocycles. The van der Waals surface area contributed by atoms with Gasteiger partial charge < -0.3 is 20.9 Å². The summed E-state index contributed by atoms with van der Waals surface area (Å²) in [4.78, 5) is 30.6. The van der Waals surface area contributed by atoms with E-state index in [1.165, 1.54) is 15.9 Å². The van der Waals surface area contributed by atoms with Crippen molar-refractivity contribution < 1.29 is 20.4 Å². The van der Waals surface area contributed by atoms with Gasteiger partial charge in [-0.15, -0.1) is 11.3 Å². The van der Waals surface area contributed by atoms with Gasteiger partial charge in [-0.3, -0.25) is 19.1 Å². The third-order valence-corrected chi connectivity index (χ3v) is 5.22. The fourth-order valence-electron chi connectivity index (χ4n) is 3.17. The molecule has 1 aliphatic rings. The first kappa shape index (κ1) is 16.6. The molecular weight excluding hydrogens is 356 g/mol. The highest BCUT2D eigenvalue weighted by Gasteiger charge is 2.31. The van der Waals surface area contributed by atoms with Crippen molar-refractivity contribution in [2.75, 3.05) is 19.7 Å². The average Bonchev–Trinajstić information content (AvgIpc) is 3.18. The topological polar surface area (TPSA) is 121 Å². The third-order valence-electron chi connectivity index (χ3n) is 4.34. The van der Waals surface area contributed by atoms with Crippen LogP contribution in [0.4, 0.5) is 0 Å². The molecule has 9 heteroatoms. The molecule has 5 N–H and O–H groups in total. The summed E-state index contributed by atoms with van der Waals surface area (Å²) >= 11 is 1.41. The van der Waals surface area contributed by atoms with E-state index in [0.717, 1.165) is 4.88 Å². The molecule has 3 heterocycles. The van der Waals surface area contributed by atoms with Gasteiger partial charge in [0.2, 0.25) is 0 Å². The monoisotopic (exact) mass is 373 g/mol. The van der Waals surface area contributed by atoms with Crippen LogP contribution >= 0.6 is 11.3 Å². The predicted octanol–water partition coefficient (Wildman–Crippen LogP) is 0.117. The van der Waals surface area contributed by atoms with Crippen LogP contribution in [0.5, 0.6) is 11.5 Å². The molecule has 1 amide bonds. The standard InChI is InChI=1S/C17H16N4O4S/c18-4-5-20-16(23)13-15(22)9-2-1-3-11-14(9)21(17(13)24)10(7-25-11)12-6-19-8-26-12/h1-3,6,8,10,22H,4-5,7,18H2,(H,20,23)/p+1. The summed E-state index contributed by atoms with van der Waals surface area (Å²) in [5.74, 6) is -0.444. The highest BCUT2D eigenvalue weighted by molar-refractivity contribution is 7.09. The van der Waals surface area contributed by atoms with Crippen LogP contribution in [0, 0.1) is 0 Å². The quantitative estimate of drug-likeness (QED) is 0.600. The van der Waals surface area contributed by atoms with Gasteiger partial charge in [0.25, 0.3) is 11.5 Å². The molecule has 26 heavy (non-hydrogen) atoms. The zero-order chi connectivity index (χ0) is 18.3. The van der Waals surface area contributed by atoms with Gasteiger partial charge in [-0.25, -0.2) is 0 Å². The van der Waals surface area contributed by atoms with E-state index in [1.807, 2.05) is 0 Å². The predicted molar refractivity (Wildman–Crippen MR) is 95.7 cm³/mol. The molecule has 0 saturated heterocycles. The van der Waals surface area contributed by atoms with Crippen molar-refractivity contribution in [3.8, 4) is 11.5 Å². The Bertz CT molecular complexity index is 1050. The molecule has 1 unspecified atom stereocenters. The third kappa shape index (κ3) is 2.44. The van der Waals surface area contributed by atoms with Gasteiger partial charge in [-0.2, -0.15) is 0 Å². The van der Waals surface area contributed by atoms with Crippen LogP contribution in [0.2, 0.25) is 0 Å². The molecule has 1 atom stereocenters. The van der Waals surface area contributed by atoms with Crippen molar-refractivity contribution in [2.24, 2.45) is 0 Å². The number of carbonyl (C=O) groups excluding carboxylic acids is 1. The van der Waals surface area contributed by atoms with Crippen molar-refractivity contribution in [1.82, 2.24) is 14.9 Å². The Kier molecular flexibility index (Phi) is 4.09. The Balaban J connectivity index is 2.02. The lowest BCUT2D eigenvalue weighted by molar-refractivity contribution is -0.364. The second kappa shape index (κ2) is 6.43. The molecule has 134 valence electrons. The first-order valence-corrected chi connectivity index (χ1v) is 9.00. The highest BCUT2D eigenvalue weighted by Crippen LogP contribution is 2.38. The molecule has 0 radical (unpaired) electrons. The maximum absolute atomic E-state index is 13.2. The first-order valence-electron chi connectivity index (χ1n) is 8.12. The number of rotatable bonds is 4. The summed E-state index contributed by atoms with van der Waals surface area (Å²) < 4.78 is 7.33. The molecule has 3 aromatic rings. The number of nitrogens with zero attached hydrogens (tertiary/aromatic N) is 2. The van der Waals surface area contributed by atoms with E-state index in [-0.39, 0.29) is 17.9 Å². The number of ether oxygens (including phenoxy) is 1. The van der Waals surface area contributed by atoms with Gasteiger partial charge in [-0.1, -0.05) is 6.07 Å². The minimum Gasteiger partial charge on any atom is -0.506 e. The molecule has 8 nitrogen and oxygen atoms in total. The summed E-state index contributed by atoms with van der Waals surface area (Å²) in [6.45, 7) is 1.05. The van der Waals surface area contributed by atoms with E-state index < -0.39 is 17.5 Å². The Labute approximate surface area is 151 Å². The molecule has 1 aromatic carbocycles. The summed E-state index contributed by atoms with van der Waals surface area (Å²) in [6.07, 6.45) is 1.68. The maximum atomic E-state index is 13.2. The SMILES string of the molecule is [NH3+]CCNC(=O)c1c(O)c2cccc3c2n(c1=O)C(c1cncs1)CO3. The van der Waals surface area contributed by atoms with Gasteiger partial charge in [0, 0.05) is 11.6 Å². The lowest BCUT2D eigenvalue weighted by Gasteiger charge is -2.28. The summed E-state index contributed by atoms with van der Waals surface area (Å²) in [5, 5.41) is 13.6. The number of nitrogens with one attached hydrogen (secondary N) is 1. The average molecular weight is 373 g/mol. The number of quaternary nitrogens is 1. The van der Waals surface area contributed by atoms with Crippen LogP contribution in [-0.4, -0.2) is 40.3 Å². The number of carbonyl (C=O) groups is 1. The van der Waals surface area contributed by atoms with Crippen LogP contribution in [0.3, 0.4) is 0 Å². The van der Waals surface area contributed by atoms with Crippen molar-refractivity contribution in [2.45, 2.75) is 6.04 Å². The smallest absolute Gasteiger partial charge is 0.268 e. The molecular formula is C17H17N4O4S+. The number of para-hydroxylation sites is 1. The summed E-state index contributed by atoms with van der Waals surface area (Å²) in [5.41, 5.74) is 5.01. The highest BCUT2D eigenvalue weighted by atomic mass is 32.1. The Morgan fingerprint density at radius 2 is 2.35 bits per heavy atom. The van der Waals surface area contributed by atoms with E-state index in [9.17, 15) is 14.7 Å². The number of hydrogen-bond donors (Lipinski definition) is 3. The van der Waals surface area contributed by atoms with Crippen LogP contribution in [0.15, 0.2) is 34.7 Å². The lowest BCUT2D eigenvalue weighted by atomic mass is 10.1. The molecule has 0 bridgehead atoms. The van der Waals surface area contributed by atoms with Gasteiger partial charge in [0.1, 0.15) is 29.7 Å². The number of amides is 1. The van der Waals surface area contributed by atoms with Crippen molar-refractivity contribution >= 4 is 28.1 Å². The van der Waals surface area contributed by atoms with E-state index in [1.54, 1.807) is 29.9 Å². The lowest BCUT2D eigenvalue weighted by Crippen LogP contribution is -2.55. The van der Waals surface area contributed by atoms with Crippen molar-refractivity contribution in [3.05, 3.63) is 50.7 Å². The van der Waals surface area contributed by atoms with Crippen LogP contribution in [-0.2, 0) is 0 Å². The zero-order valence-corrected chi connectivity index (χ0v) is 14.6. The van der Waals surface area contributed by atoms with Crippen molar-refractivity contribution in [3.63, 3.8) is 0 Å². The van der Waals surface area contributed by atoms with Gasteiger partial charge in [0.15, 0.2) is 0 Å². The molecule has 0 spiro atoms. The maximum Gasteiger partial charge on any atom is 0.268 e. The van der Waals surface area contributed by atoms with E-state index >= 15 is 0 Å². The summed E-state index contributed by atoms with van der Waals surface area (Å²) in [7, 11) is 0. The van der Waals surface area contributed by atoms with Crippen LogP contribution < -0.4 is 21.3 Å². The van der Waals surface area contributed by atoms with Crippen molar-refractivity contribution in [1.29, 1.82) is 0 Å². The van der Waals surface area contributed by atoms with E-state index in [2.05, 4.69) is 16.0 Å². The van der Waals surface area contributed by atoms with Crippen LogP contribution in [0.25, 0.3) is 10.9 Å². The fraction of sp³-hybridized carbons (Fsp3) is 0.235. The molecule has 4 rings (SSSR count). The zero-order valence-electron chi connectivity index (χ0n) is 13.8. The molecule has 0 aliphatic carbocycles. The van der Waals surface area contributed by atoms with Gasteiger partial charge >= 0.3 is 0 Å². The molecule has 0 fully saturated rings. The normalized spacial score (nSPS) is 15.7. The number of aromatic nitrogens is 2. The first-order chi connectivity index (χ1) is 12.6. The Morgan fingerprint density at radius 3 is 3.08 bits per heavy atom. The number of hydrogen-bond acceptors (Lipinski definition) is 6. The minimum absolute atomic E-state index is 0.249. The summed E-state index contributed by atoms with van der Waals surface area (Å²) in [6, 6.07) is 4.72. The Hall–Kier alpha value is -2.91. The second-order valence-corrected chi connectivity index (χ2v) is 6.81. The van der Waals surface area contributed by atoms with Gasteiger partial charge in [0.05, 0.1) is 29.0 Å². The largest absolute Gasteiger partial charge is 0.506 e. The number of aromatic hydroxyl groups is 1. The van der Waals surface area contributed by atoms with E-state index in [4.69, 9.17) is 4.74 Å². The minimum atomic E-state index is -0.609. The molecule has 0 saturated carbocycles. The van der Waals surface area contributed by atoms with E-state index in [0.29, 0.717) is 29.7 Å². The van der Waals surface area contributed by atoms with Gasteiger partial charge in [-0.05, 0) is 12.1 Å². The number of benzene rings is 1. The fourth-order valence-corrected chi connectivity index (χ4v) is 3.87. The molecule has 2 aromatic heterocycles. The second-order valence-electron chi connectivity index (χ2n) is 5.89.